The van der Waals surface area contributed by atoms with E-state index in [0.29, 0.717) is 18.4 Å². The van der Waals surface area contributed by atoms with Crippen LogP contribution in [-0.4, -0.2) is 33.5 Å². The molecule has 5 nitrogen and oxygen atoms in total. The molecular weight excluding hydrogens is 254 g/mol. The van der Waals surface area contributed by atoms with Gasteiger partial charge in [-0.05, 0) is 25.7 Å². The van der Waals surface area contributed by atoms with Crippen LogP contribution in [0.25, 0.3) is 0 Å². The number of carbonyl (C=O) groups is 1. The minimum atomic E-state index is 0.228. The van der Waals surface area contributed by atoms with Gasteiger partial charge in [-0.1, -0.05) is 24.9 Å². The van der Waals surface area contributed by atoms with E-state index in [1.807, 2.05) is 0 Å². The minimum absolute atomic E-state index is 0.228. The molecule has 5 heteroatoms. The van der Waals surface area contributed by atoms with Gasteiger partial charge < -0.3 is 9.42 Å². The SMILES string of the molecule is CCCc1noc([C@@H]2CCC(=O)N(C3CCCC3)C2)n1. The number of piperidine rings is 1. The normalized spacial score (nSPS) is 24.6. The van der Waals surface area contributed by atoms with Gasteiger partial charge in [0.25, 0.3) is 0 Å². The standard InChI is InChI=1S/C15H23N3O2/c1-2-5-13-16-15(20-17-13)11-8-9-14(19)18(10-11)12-6-3-4-7-12/h11-12H,2-10H2,1H3/t11-/m1/s1. The fraction of sp³-hybridized carbons (Fsp3) is 0.800. The summed E-state index contributed by atoms with van der Waals surface area (Å²) in [6, 6.07) is 0.448. The van der Waals surface area contributed by atoms with E-state index in [9.17, 15) is 4.79 Å². The molecule has 0 aromatic carbocycles. The molecule has 1 saturated carbocycles. The van der Waals surface area contributed by atoms with Crippen molar-refractivity contribution in [2.45, 2.75) is 70.3 Å². The fourth-order valence-corrected chi connectivity index (χ4v) is 3.40. The van der Waals surface area contributed by atoms with Crippen molar-refractivity contribution < 1.29 is 9.32 Å². The number of rotatable bonds is 4. The molecular formula is C15H23N3O2. The predicted molar refractivity (Wildman–Crippen MR) is 74.2 cm³/mol. The zero-order valence-electron chi connectivity index (χ0n) is 12.2. The van der Waals surface area contributed by atoms with Crippen molar-refractivity contribution in [3.63, 3.8) is 0 Å². The lowest BCUT2D eigenvalue weighted by Crippen LogP contribution is -2.44. The van der Waals surface area contributed by atoms with E-state index >= 15 is 0 Å². The molecule has 1 amide bonds. The van der Waals surface area contributed by atoms with E-state index in [2.05, 4.69) is 22.0 Å². The maximum Gasteiger partial charge on any atom is 0.231 e. The summed E-state index contributed by atoms with van der Waals surface area (Å²) < 4.78 is 5.40. The highest BCUT2D eigenvalue weighted by atomic mass is 16.5. The third-order valence-electron chi connectivity index (χ3n) is 4.52. The van der Waals surface area contributed by atoms with Crippen molar-refractivity contribution in [3.05, 3.63) is 11.7 Å². The van der Waals surface area contributed by atoms with Gasteiger partial charge in [-0.15, -0.1) is 0 Å². The molecule has 1 aliphatic carbocycles. The van der Waals surface area contributed by atoms with E-state index in [0.717, 1.165) is 50.4 Å². The molecule has 2 aliphatic rings. The predicted octanol–water partition coefficient (Wildman–Crippen LogP) is 2.67. The third kappa shape index (κ3) is 2.72. The summed E-state index contributed by atoms with van der Waals surface area (Å²) >= 11 is 0. The van der Waals surface area contributed by atoms with Crippen molar-refractivity contribution in [1.82, 2.24) is 15.0 Å². The van der Waals surface area contributed by atoms with E-state index in [1.165, 1.54) is 12.8 Å². The molecule has 1 atom stereocenters. The molecule has 0 bridgehead atoms. The van der Waals surface area contributed by atoms with Crippen LogP contribution < -0.4 is 0 Å². The average Bonchev–Trinajstić information content (AvgIpc) is 3.11. The van der Waals surface area contributed by atoms with Gasteiger partial charge in [0, 0.05) is 25.4 Å². The topological polar surface area (TPSA) is 59.2 Å². The van der Waals surface area contributed by atoms with Crippen LogP contribution in [0.3, 0.4) is 0 Å². The zero-order chi connectivity index (χ0) is 13.9. The van der Waals surface area contributed by atoms with Gasteiger partial charge in [0.2, 0.25) is 11.8 Å². The summed E-state index contributed by atoms with van der Waals surface area (Å²) in [6.07, 6.45) is 8.16. The van der Waals surface area contributed by atoms with Crippen molar-refractivity contribution in [3.8, 4) is 0 Å². The van der Waals surface area contributed by atoms with Gasteiger partial charge >= 0.3 is 0 Å². The first-order valence-electron chi connectivity index (χ1n) is 7.90. The van der Waals surface area contributed by atoms with Gasteiger partial charge in [0.15, 0.2) is 5.82 Å². The Morgan fingerprint density at radius 1 is 1.30 bits per heavy atom. The Morgan fingerprint density at radius 2 is 2.10 bits per heavy atom. The lowest BCUT2D eigenvalue weighted by atomic mass is 9.95. The summed E-state index contributed by atoms with van der Waals surface area (Å²) in [6.45, 7) is 2.87. The molecule has 2 heterocycles. The van der Waals surface area contributed by atoms with Crippen LogP contribution in [0, 0.1) is 0 Å². The summed E-state index contributed by atoms with van der Waals surface area (Å²) in [5.74, 6) is 2.06. The number of aryl methyl sites for hydroxylation is 1. The molecule has 110 valence electrons. The van der Waals surface area contributed by atoms with Crippen LogP contribution in [0.5, 0.6) is 0 Å². The fourth-order valence-electron chi connectivity index (χ4n) is 3.40. The van der Waals surface area contributed by atoms with Gasteiger partial charge in [-0.3, -0.25) is 4.79 Å². The Bertz CT molecular complexity index is 465. The lowest BCUT2D eigenvalue weighted by molar-refractivity contribution is -0.136. The van der Waals surface area contributed by atoms with Gasteiger partial charge in [0.05, 0.1) is 5.92 Å². The second-order valence-corrected chi connectivity index (χ2v) is 6.02. The quantitative estimate of drug-likeness (QED) is 0.849. The molecule has 1 aromatic heterocycles. The molecule has 3 rings (SSSR count). The average molecular weight is 277 g/mol. The molecule has 0 N–H and O–H groups in total. The second-order valence-electron chi connectivity index (χ2n) is 6.02. The smallest absolute Gasteiger partial charge is 0.231 e. The molecule has 0 spiro atoms. The van der Waals surface area contributed by atoms with Crippen LogP contribution in [0.2, 0.25) is 0 Å². The van der Waals surface area contributed by atoms with Gasteiger partial charge in [0.1, 0.15) is 0 Å². The van der Waals surface area contributed by atoms with Crippen LogP contribution in [-0.2, 0) is 11.2 Å². The van der Waals surface area contributed by atoms with Crippen molar-refractivity contribution in [2.24, 2.45) is 0 Å². The Labute approximate surface area is 119 Å². The number of carbonyl (C=O) groups excluding carboxylic acids is 1. The molecule has 1 aromatic rings. The first-order valence-corrected chi connectivity index (χ1v) is 7.90. The molecule has 20 heavy (non-hydrogen) atoms. The van der Waals surface area contributed by atoms with Crippen LogP contribution in [0.15, 0.2) is 4.52 Å². The van der Waals surface area contributed by atoms with Crippen LogP contribution >= 0.6 is 0 Å². The number of likely N-dealkylation sites (tertiary alicyclic amines) is 1. The van der Waals surface area contributed by atoms with Gasteiger partial charge in [-0.2, -0.15) is 4.98 Å². The first-order chi connectivity index (χ1) is 9.78. The maximum atomic E-state index is 12.1. The number of aromatic nitrogens is 2. The van der Waals surface area contributed by atoms with E-state index in [4.69, 9.17) is 4.52 Å². The highest BCUT2D eigenvalue weighted by Crippen LogP contribution is 2.32. The molecule has 1 saturated heterocycles. The molecule has 0 radical (unpaired) electrons. The number of amides is 1. The Balaban J connectivity index is 1.68. The highest BCUT2D eigenvalue weighted by Gasteiger charge is 2.35. The largest absolute Gasteiger partial charge is 0.339 e. The molecule has 2 fully saturated rings. The Morgan fingerprint density at radius 3 is 2.85 bits per heavy atom. The van der Waals surface area contributed by atoms with E-state index in [1.54, 1.807) is 0 Å². The number of hydrogen-bond donors (Lipinski definition) is 0. The van der Waals surface area contributed by atoms with Gasteiger partial charge in [-0.25, -0.2) is 0 Å². The third-order valence-corrected chi connectivity index (χ3v) is 4.52. The Hall–Kier alpha value is -1.39. The van der Waals surface area contributed by atoms with E-state index < -0.39 is 0 Å². The van der Waals surface area contributed by atoms with Crippen molar-refractivity contribution in [2.75, 3.05) is 6.54 Å². The Kier molecular flexibility index (Phi) is 4.03. The number of nitrogens with zero attached hydrogens (tertiary/aromatic N) is 3. The monoisotopic (exact) mass is 277 g/mol. The summed E-state index contributed by atoms with van der Waals surface area (Å²) in [4.78, 5) is 18.7. The summed E-state index contributed by atoms with van der Waals surface area (Å²) in [5.41, 5.74) is 0. The van der Waals surface area contributed by atoms with E-state index in [-0.39, 0.29) is 5.92 Å². The summed E-state index contributed by atoms with van der Waals surface area (Å²) in [5, 5.41) is 4.03. The molecule has 0 unspecified atom stereocenters. The maximum absolute atomic E-state index is 12.1. The first kappa shape index (κ1) is 13.6. The number of hydrogen-bond acceptors (Lipinski definition) is 4. The molecule has 1 aliphatic heterocycles. The van der Waals surface area contributed by atoms with Crippen LogP contribution in [0.4, 0.5) is 0 Å². The van der Waals surface area contributed by atoms with Crippen molar-refractivity contribution in [1.29, 1.82) is 0 Å². The second kappa shape index (κ2) is 5.94. The summed E-state index contributed by atoms with van der Waals surface area (Å²) in [7, 11) is 0. The van der Waals surface area contributed by atoms with Crippen molar-refractivity contribution >= 4 is 5.91 Å². The lowest BCUT2D eigenvalue weighted by Gasteiger charge is -2.35. The zero-order valence-corrected chi connectivity index (χ0v) is 12.2. The minimum Gasteiger partial charge on any atom is -0.339 e. The van der Waals surface area contributed by atoms with Crippen LogP contribution in [0.1, 0.15) is 69.5 Å². The highest BCUT2D eigenvalue weighted by molar-refractivity contribution is 5.77.